The lowest BCUT2D eigenvalue weighted by atomic mass is 10.1. The molecule has 0 radical (unpaired) electrons. The summed E-state index contributed by atoms with van der Waals surface area (Å²) in [6, 6.07) is 10.9. The Morgan fingerprint density at radius 1 is 1.15 bits per heavy atom. The van der Waals surface area contributed by atoms with Crippen LogP contribution in [-0.2, 0) is 11.3 Å². The summed E-state index contributed by atoms with van der Waals surface area (Å²) in [7, 11) is 0. The highest BCUT2D eigenvalue weighted by atomic mass is 35.5. The molecule has 0 aliphatic rings. The minimum Gasteiger partial charge on any atom is -0.369 e. The molecule has 5 heteroatoms. The van der Waals surface area contributed by atoms with E-state index in [4.69, 9.17) is 27.9 Å². The van der Waals surface area contributed by atoms with Gasteiger partial charge in [0.1, 0.15) is 12.4 Å². The normalized spacial score (nSPS) is 10.6. The first-order chi connectivity index (χ1) is 9.58. The van der Waals surface area contributed by atoms with E-state index in [2.05, 4.69) is 0 Å². The topological polar surface area (TPSA) is 26.3 Å². The molecule has 0 amide bonds. The maximum Gasteiger partial charge on any atom is 0.190 e. The van der Waals surface area contributed by atoms with Gasteiger partial charge in [-0.15, -0.1) is 0 Å². The molecule has 0 atom stereocenters. The summed E-state index contributed by atoms with van der Waals surface area (Å²) in [5.74, 6) is -0.658. The monoisotopic (exact) mass is 312 g/mol. The number of halogens is 3. The Morgan fingerprint density at radius 2 is 1.90 bits per heavy atom. The third-order valence-corrected chi connectivity index (χ3v) is 3.24. The Balaban J connectivity index is 1.96. The molecule has 0 unspecified atom stereocenters. The smallest absolute Gasteiger partial charge is 0.190 e. The van der Waals surface area contributed by atoms with Crippen molar-refractivity contribution >= 4 is 29.0 Å². The zero-order chi connectivity index (χ0) is 14.5. The lowest BCUT2D eigenvalue weighted by Crippen LogP contribution is -2.10. The van der Waals surface area contributed by atoms with Gasteiger partial charge in [-0.25, -0.2) is 4.39 Å². The number of ether oxygens (including phenoxy) is 1. The van der Waals surface area contributed by atoms with E-state index in [1.165, 1.54) is 12.1 Å². The summed E-state index contributed by atoms with van der Waals surface area (Å²) in [5.41, 5.74) is 0.699. The van der Waals surface area contributed by atoms with Crippen LogP contribution >= 0.6 is 23.2 Å². The second-order valence-corrected chi connectivity index (χ2v) is 4.98. The first kappa shape index (κ1) is 15.0. The van der Waals surface area contributed by atoms with E-state index in [1.807, 2.05) is 0 Å². The zero-order valence-electron chi connectivity index (χ0n) is 10.4. The summed E-state index contributed by atoms with van der Waals surface area (Å²) in [6.07, 6.45) is 0. The van der Waals surface area contributed by atoms with Gasteiger partial charge in [0.2, 0.25) is 0 Å². The van der Waals surface area contributed by atoms with Crippen LogP contribution in [0.3, 0.4) is 0 Å². The van der Waals surface area contributed by atoms with Gasteiger partial charge in [-0.3, -0.25) is 4.79 Å². The van der Waals surface area contributed by atoms with Crippen LogP contribution in [-0.4, -0.2) is 12.4 Å². The summed E-state index contributed by atoms with van der Waals surface area (Å²) in [4.78, 5) is 11.9. The van der Waals surface area contributed by atoms with Gasteiger partial charge in [0.15, 0.2) is 5.78 Å². The molecule has 0 bridgehead atoms. The molecular formula is C15H11Cl2FO2. The number of carbonyl (C=O) groups excluding carboxylic acids is 1. The van der Waals surface area contributed by atoms with Crippen LogP contribution in [0.15, 0.2) is 42.5 Å². The summed E-state index contributed by atoms with van der Waals surface area (Å²) < 4.78 is 18.6. The summed E-state index contributed by atoms with van der Waals surface area (Å²) >= 11 is 11.7. The minimum atomic E-state index is -0.360. The molecule has 2 nitrogen and oxygen atoms in total. The first-order valence-electron chi connectivity index (χ1n) is 5.87. The van der Waals surface area contributed by atoms with Gasteiger partial charge in [0.25, 0.3) is 0 Å². The van der Waals surface area contributed by atoms with Crippen molar-refractivity contribution in [2.75, 3.05) is 6.61 Å². The SMILES string of the molecule is O=C(COCc1ccccc1F)c1cc(Cl)ccc1Cl. The second-order valence-electron chi connectivity index (χ2n) is 4.13. The van der Waals surface area contributed by atoms with Crippen molar-refractivity contribution in [3.8, 4) is 0 Å². The molecule has 0 spiro atoms. The van der Waals surface area contributed by atoms with Crippen molar-refractivity contribution < 1.29 is 13.9 Å². The molecule has 0 fully saturated rings. The van der Waals surface area contributed by atoms with E-state index in [0.717, 1.165) is 0 Å². The molecule has 0 aliphatic heterocycles. The van der Waals surface area contributed by atoms with Crippen molar-refractivity contribution in [1.82, 2.24) is 0 Å². The van der Waals surface area contributed by atoms with Gasteiger partial charge in [-0.2, -0.15) is 0 Å². The standard InChI is InChI=1S/C15H11Cl2FO2/c16-11-5-6-13(17)12(7-11)15(19)9-20-8-10-3-1-2-4-14(10)18/h1-7H,8-9H2. The van der Waals surface area contributed by atoms with E-state index in [-0.39, 0.29) is 24.8 Å². The van der Waals surface area contributed by atoms with E-state index < -0.39 is 0 Å². The molecule has 0 N–H and O–H groups in total. The van der Waals surface area contributed by atoms with Crippen LogP contribution in [0.4, 0.5) is 4.39 Å². The molecule has 20 heavy (non-hydrogen) atoms. The maximum absolute atomic E-state index is 13.4. The fourth-order valence-electron chi connectivity index (χ4n) is 1.66. The van der Waals surface area contributed by atoms with Crippen LogP contribution in [0, 0.1) is 5.82 Å². The van der Waals surface area contributed by atoms with Crippen molar-refractivity contribution in [3.05, 3.63) is 69.5 Å². The van der Waals surface area contributed by atoms with Gasteiger partial charge in [0, 0.05) is 16.1 Å². The Hall–Kier alpha value is -1.42. The predicted octanol–water partition coefficient (Wildman–Crippen LogP) is 4.53. The molecule has 0 aliphatic carbocycles. The average Bonchev–Trinajstić information content (AvgIpc) is 2.43. The molecule has 2 rings (SSSR count). The second kappa shape index (κ2) is 6.84. The fourth-order valence-corrected chi connectivity index (χ4v) is 2.05. The minimum absolute atomic E-state index is 0.0244. The molecule has 0 saturated heterocycles. The Labute approximate surface area is 126 Å². The van der Waals surface area contributed by atoms with Gasteiger partial charge in [-0.05, 0) is 24.3 Å². The quantitative estimate of drug-likeness (QED) is 0.758. The largest absolute Gasteiger partial charge is 0.369 e. The van der Waals surface area contributed by atoms with Gasteiger partial charge in [0.05, 0.1) is 11.6 Å². The lowest BCUT2D eigenvalue weighted by Gasteiger charge is -2.06. The van der Waals surface area contributed by atoms with Crippen molar-refractivity contribution in [1.29, 1.82) is 0 Å². The van der Waals surface area contributed by atoms with E-state index in [0.29, 0.717) is 21.2 Å². The van der Waals surface area contributed by atoms with Crippen LogP contribution in [0.5, 0.6) is 0 Å². The molecule has 2 aromatic rings. The Morgan fingerprint density at radius 3 is 2.65 bits per heavy atom. The summed E-state index contributed by atoms with van der Waals surface area (Å²) in [6.45, 7) is -0.162. The highest BCUT2D eigenvalue weighted by Gasteiger charge is 2.11. The molecule has 104 valence electrons. The molecule has 0 saturated carbocycles. The van der Waals surface area contributed by atoms with E-state index in [9.17, 15) is 9.18 Å². The summed E-state index contributed by atoms with van der Waals surface area (Å²) in [5, 5.41) is 0.737. The van der Waals surface area contributed by atoms with Gasteiger partial charge < -0.3 is 4.74 Å². The van der Waals surface area contributed by atoms with Gasteiger partial charge >= 0.3 is 0 Å². The van der Waals surface area contributed by atoms with E-state index >= 15 is 0 Å². The van der Waals surface area contributed by atoms with E-state index in [1.54, 1.807) is 30.3 Å². The maximum atomic E-state index is 13.4. The van der Waals surface area contributed by atoms with Gasteiger partial charge in [-0.1, -0.05) is 41.4 Å². The predicted molar refractivity (Wildman–Crippen MR) is 76.8 cm³/mol. The number of hydrogen-bond donors (Lipinski definition) is 0. The third-order valence-electron chi connectivity index (χ3n) is 2.68. The third kappa shape index (κ3) is 3.79. The van der Waals surface area contributed by atoms with Crippen LogP contribution < -0.4 is 0 Å². The molecule has 2 aromatic carbocycles. The van der Waals surface area contributed by atoms with Crippen molar-refractivity contribution in [2.45, 2.75) is 6.61 Å². The Bertz CT molecular complexity index is 629. The highest BCUT2D eigenvalue weighted by molar-refractivity contribution is 6.35. The van der Waals surface area contributed by atoms with Crippen LogP contribution in [0.25, 0.3) is 0 Å². The molecular weight excluding hydrogens is 302 g/mol. The molecule has 0 aromatic heterocycles. The number of ketones is 1. The number of Topliss-reactive ketones (excluding diaryl/α,β-unsaturated/α-hetero) is 1. The van der Waals surface area contributed by atoms with Crippen LogP contribution in [0.1, 0.15) is 15.9 Å². The molecule has 0 heterocycles. The first-order valence-corrected chi connectivity index (χ1v) is 6.63. The number of benzene rings is 2. The van der Waals surface area contributed by atoms with Crippen LogP contribution in [0.2, 0.25) is 10.0 Å². The number of hydrogen-bond acceptors (Lipinski definition) is 2. The average molecular weight is 313 g/mol. The fraction of sp³-hybridized carbons (Fsp3) is 0.133. The zero-order valence-corrected chi connectivity index (χ0v) is 11.9. The lowest BCUT2D eigenvalue weighted by molar-refractivity contribution is 0.0721. The highest BCUT2D eigenvalue weighted by Crippen LogP contribution is 2.21. The number of rotatable bonds is 5. The van der Waals surface area contributed by atoms with Crippen molar-refractivity contribution in [3.63, 3.8) is 0 Å². The Kier molecular flexibility index (Phi) is 5.12. The number of carbonyl (C=O) groups is 1. The van der Waals surface area contributed by atoms with Crippen molar-refractivity contribution in [2.24, 2.45) is 0 Å².